The number of likely N-dealkylation sites (N-methyl/N-ethyl adjacent to an activating group) is 1. The highest BCUT2D eigenvalue weighted by molar-refractivity contribution is 6.39. The number of carbonyl (C=O) groups excluding carboxylic acids is 2. The van der Waals surface area contributed by atoms with Crippen LogP contribution in [0.25, 0.3) is 0 Å². The van der Waals surface area contributed by atoms with E-state index in [1.165, 1.54) is 12.6 Å². The predicted octanol–water partition coefficient (Wildman–Crippen LogP) is 1.71. The smallest absolute Gasteiger partial charge is 0.313 e. The molecule has 4 nitrogen and oxygen atoms in total. The van der Waals surface area contributed by atoms with Gasteiger partial charge in [-0.25, -0.2) is 0 Å². The second-order valence-corrected chi connectivity index (χ2v) is 3.83. The lowest BCUT2D eigenvalue weighted by Gasteiger charge is -2.05. The Morgan fingerprint density at radius 1 is 1.12 bits per heavy atom. The van der Waals surface area contributed by atoms with Gasteiger partial charge in [0.2, 0.25) is 0 Å². The van der Waals surface area contributed by atoms with E-state index in [1.807, 2.05) is 24.3 Å². The van der Waals surface area contributed by atoms with E-state index in [4.69, 9.17) is 0 Å². The first-order valence-corrected chi connectivity index (χ1v) is 5.79. The molecule has 0 radical (unpaired) electrons. The Hall–Kier alpha value is -1.84. The number of carbonyl (C=O) groups is 2. The van der Waals surface area contributed by atoms with Gasteiger partial charge in [0, 0.05) is 12.7 Å². The molecule has 0 aliphatic rings. The molecule has 2 amide bonds. The molecule has 0 saturated heterocycles. The fraction of sp³-hybridized carbons (Fsp3) is 0.385. The van der Waals surface area contributed by atoms with Gasteiger partial charge in [-0.2, -0.15) is 0 Å². The molecule has 0 aliphatic carbocycles. The lowest BCUT2D eigenvalue weighted by molar-refractivity contribution is -0.135. The second-order valence-electron chi connectivity index (χ2n) is 3.83. The number of aryl methyl sites for hydroxylation is 1. The zero-order chi connectivity index (χ0) is 12.7. The Labute approximate surface area is 101 Å². The first kappa shape index (κ1) is 13.2. The minimum absolute atomic E-state index is 0.638. The summed E-state index contributed by atoms with van der Waals surface area (Å²) in [6.45, 7) is 2.15. The van der Waals surface area contributed by atoms with E-state index in [9.17, 15) is 9.59 Å². The molecular weight excluding hydrogens is 216 g/mol. The normalized spacial score (nSPS) is 9.76. The van der Waals surface area contributed by atoms with Crippen LogP contribution in [0.4, 0.5) is 5.69 Å². The fourth-order valence-electron chi connectivity index (χ4n) is 1.44. The van der Waals surface area contributed by atoms with Crippen molar-refractivity contribution >= 4 is 17.5 Å². The maximum absolute atomic E-state index is 11.3. The molecule has 92 valence electrons. The molecule has 0 saturated carbocycles. The summed E-state index contributed by atoms with van der Waals surface area (Å²) in [7, 11) is 1.43. The first-order valence-electron chi connectivity index (χ1n) is 5.79. The average Bonchev–Trinajstić information content (AvgIpc) is 2.37. The maximum Gasteiger partial charge on any atom is 0.313 e. The molecule has 0 heterocycles. The minimum Gasteiger partial charge on any atom is -0.351 e. The zero-order valence-electron chi connectivity index (χ0n) is 10.2. The molecule has 1 aromatic carbocycles. The number of anilines is 1. The molecule has 0 aromatic heterocycles. The summed E-state index contributed by atoms with van der Waals surface area (Å²) in [5.74, 6) is -1.28. The van der Waals surface area contributed by atoms with E-state index in [-0.39, 0.29) is 0 Å². The van der Waals surface area contributed by atoms with Gasteiger partial charge in [-0.15, -0.1) is 0 Å². The highest BCUT2D eigenvalue weighted by Crippen LogP contribution is 2.11. The van der Waals surface area contributed by atoms with Crippen LogP contribution in [-0.2, 0) is 16.0 Å². The Balaban J connectivity index is 2.56. The van der Waals surface area contributed by atoms with E-state index < -0.39 is 11.8 Å². The summed E-state index contributed by atoms with van der Waals surface area (Å²) >= 11 is 0. The van der Waals surface area contributed by atoms with Gasteiger partial charge in [-0.3, -0.25) is 9.59 Å². The lowest BCUT2D eigenvalue weighted by atomic mass is 10.1. The summed E-state index contributed by atoms with van der Waals surface area (Å²) in [5, 5.41) is 4.80. The highest BCUT2D eigenvalue weighted by atomic mass is 16.2. The van der Waals surface area contributed by atoms with E-state index in [0.717, 1.165) is 19.3 Å². The van der Waals surface area contributed by atoms with Crippen molar-refractivity contribution in [1.29, 1.82) is 0 Å². The van der Waals surface area contributed by atoms with Crippen LogP contribution in [0.1, 0.15) is 25.3 Å². The van der Waals surface area contributed by atoms with Gasteiger partial charge >= 0.3 is 11.8 Å². The molecule has 0 atom stereocenters. The van der Waals surface area contributed by atoms with Crippen LogP contribution in [0.2, 0.25) is 0 Å². The second kappa shape index (κ2) is 6.68. The summed E-state index contributed by atoms with van der Waals surface area (Å²) in [6.07, 6.45) is 3.36. The van der Waals surface area contributed by atoms with Gasteiger partial charge in [0.25, 0.3) is 0 Å². The Morgan fingerprint density at radius 3 is 2.29 bits per heavy atom. The molecule has 0 bridgehead atoms. The molecule has 0 fully saturated rings. The lowest BCUT2D eigenvalue weighted by Crippen LogP contribution is -2.32. The van der Waals surface area contributed by atoms with Crippen LogP contribution in [0, 0.1) is 0 Å². The van der Waals surface area contributed by atoms with Crippen LogP contribution in [0.15, 0.2) is 24.3 Å². The van der Waals surface area contributed by atoms with E-state index >= 15 is 0 Å². The zero-order valence-corrected chi connectivity index (χ0v) is 10.2. The van der Waals surface area contributed by atoms with Crippen molar-refractivity contribution in [2.45, 2.75) is 26.2 Å². The first-order chi connectivity index (χ1) is 8.17. The van der Waals surface area contributed by atoms with Gasteiger partial charge in [0.1, 0.15) is 0 Å². The largest absolute Gasteiger partial charge is 0.351 e. The third kappa shape index (κ3) is 4.26. The van der Waals surface area contributed by atoms with Crippen molar-refractivity contribution in [3.05, 3.63) is 29.8 Å². The minimum atomic E-state index is -0.645. The number of rotatable bonds is 4. The Kier molecular flexibility index (Phi) is 5.20. The number of unbranched alkanes of at least 4 members (excludes halogenated alkanes) is 1. The fourth-order valence-corrected chi connectivity index (χ4v) is 1.44. The number of hydrogen-bond donors (Lipinski definition) is 2. The van der Waals surface area contributed by atoms with Crippen molar-refractivity contribution < 1.29 is 9.59 Å². The van der Waals surface area contributed by atoms with Crippen molar-refractivity contribution in [2.24, 2.45) is 0 Å². The van der Waals surface area contributed by atoms with Gasteiger partial charge in [-0.1, -0.05) is 25.5 Å². The average molecular weight is 234 g/mol. The summed E-state index contributed by atoms with van der Waals surface area (Å²) in [4.78, 5) is 22.3. The SMILES string of the molecule is CCCCc1ccc(NC(=O)C(=O)NC)cc1. The number of hydrogen-bond acceptors (Lipinski definition) is 2. The van der Waals surface area contributed by atoms with Crippen LogP contribution in [0.5, 0.6) is 0 Å². The molecule has 0 spiro atoms. The van der Waals surface area contributed by atoms with Crippen LogP contribution >= 0.6 is 0 Å². The molecule has 0 unspecified atom stereocenters. The highest BCUT2D eigenvalue weighted by Gasteiger charge is 2.10. The predicted molar refractivity (Wildman–Crippen MR) is 67.8 cm³/mol. The maximum atomic E-state index is 11.3. The number of nitrogens with one attached hydrogen (secondary N) is 2. The van der Waals surface area contributed by atoms with Gasteiger partial charge in [0.05, 0.1) is 0 Å². The summed E-state index contributed by atoms with van der Waals surface area (Å²) < 4.78 is 0. The summed E-state index contributed by atoms with van der Waals surface area (Å²) in [6, 6.07) is 7.56. The van der Waals surface area contributed by atoms with Crippen molar-refractivity contribution in [2.75, 3.05) is 12.4 Å². The third-order valence-corrected chi connectivity index (χ3v) is 2.46. The molecule has 17 heavy (non-hydrogen) atoms. The quantitative estimate of drug-likeness (QED) is 0.779. The van der Waals surface area contributed by atoms with E-state index in [1.54, 1.807) is 0 Å². The molecule has 1 rings (SSSR count). The molecule has 1 aromatic rings. The molecule has 4 heteroatoms. The topological polar surface area (TPSA) is 58.2 Å². The van der Waals surface area contributed by atoms with Crippen LogP contribution < -0.4 is 10.6 Å². The number of amides is 2. The molecule has 0 aliphatic heterocycles. The van der Waals surface area contributed by atoms with Crippen molar-refractivity contribution in [1.82, 2.24) is 5.32 Å². The van der Waals surface area contributed by atoms with Crippen molar-refractivity contribution in [3.63, 3.8) is 0 Å². The van der Waals surface area contributed by atoms with Gasteiger partial charge in [0.15, 0.2) is 0 Å². The van der Waals surface area contributed by atoms with Crippen LogP contribution in [-0.4, -0.2) is 18.9 Å². The van der Waals surface area contributed by atoms with Crippen molar-refractivity contribution in [3.8, 4) is 0 Å². The molecule has 2 N–H and O–H groups in total. The monoisotopic (exact) mass is 234 g/mol. The van der Waals surface area contributed by atoms with E-state index in [2.05, 4.69) is 17.6 Å². The third-order valence-electron chi connectivity index (χ3n) is 2.46. The molecular formula is C13H18N2O2. The van der Waals surface area contributed by atoms with Gasteiger partial charge in [-0.05, 0) is 30.5 Å². The van der Waals surface area contributed by atoms with Gasteiger partial charge < -0.3 is 10.6 Å². The van der Waals surface area contributed by atoms with E-state index in [0.29, 0.717) is 5.69 Å². The number of benzene rings is 1. The Morgan fingerprint density at radius 2 is 1.76 bits per heavy atom. The summed E-state index contributed by atoms with van der Waals surface area (Å²) in [5.41, 5.74) is 1.88. The Bertz CT molecular complexity index is 385. The van der Waals surface area contributed by atoms with Crippen LogP contribution in [0.3, 0.4) is 0 Å². The standard InChI is InChI=1S/C13H18N2O2/c1-3-4-5-10-6-8-11(9-7-10)15-13(17)12(16)14-2/h6-9H,3-5H2,1-2H3,(H,14,16)(H,15,17).